The molecule has 5 heteroatoms. The molecule has 1 heterocycles. The van der Waals surface area contributed by atoms with Crippen molar-refractivity contribution < 1.29 is 9.13 Å². The topological polar surface area (TPSA) is 33.3 Å². The maximum atomic E-state index is 13.2. The summed E-state index contributed by atoms with van der Waals surface area (Å²) in [6.45, 7) is 3.13. The molecule has 0 radical (unpaired) electrons. The lowest BCUT2D eigenvalue weighted by Gasteiger charge is -2.23. The lowest BCUT2D eigenvalue weighted by atomic mass is 9.98. The Morgan fingerprint density at radius 1 is 1.39 bits per heavy atom. The number of methoxy groups -OCH3 is 1. The van der Waals surface area contributed by atoms with Gasteiger partial charge in [-0.15, -0.1) is 12.4 Å². The molecule has 3 nitrogen and oxygen atoms in total. The van der Waals surface area contributed by atoms with Crippen molar-refractivity contribution in [2.45, 2.75) is 12.8 Å². The fourth-order valence-corrected chi connectivity index (χ4v) is 2.12. The van der Waals surface area contributed by atoms with E-state index in [4.69, 9.17) is 4.74 Å². The lowest BCUT2D eigenvalue weighted by molar-refractivity contribution is 0.385. The van der Waals surface area contributed by atoms with Crippen LogP contribution in [0.5, 0.6) is 5.75 Å². The molecule has 0 bridgehead atoms. The van der Waals surface area contributed by atoms with E-state index in [0.717, 1.165) is 25.3 Å². The van der Waals surface area contributed by atoms with Crippen LogP contribution in [-0.2, 0) is 0 Å². The Labute approximate surface area is 114 Å². The highest BCUT2D eigenvalue weighted by atomic mass is 35.5. The van der Waals surface area contributed by atoms with E-state index in [2.05, 4.69) is 10.6 Å². The highest BCUT2D eigenvalue weighted by molar-refractivity contribution is 5.85. The van der Waals surface area contributed by atoms with E-state index in [9.17, 15) is 4.39 Å². The van der Waals surface area contributed by atoms with Crippen LogP contribution in [0.2, 0.25) is 0 Å². The first kappa shape index (κ1) is 15.1. The molecule has 1 aliphatic heterocycles. The monoisotopic (exact) mass is 274 g/mol. The number of ether oxygens (including phenoxy) is 1. The summed E-state index contributed by atoms with van der Waals surface area (Å²) in [6, 6.07) is 4.89. The van der Waals surface area contributed by atoms with Gasteiger partial charge in [0.25, 0.3) is 0 Å². The number of benzene rings is 1. The van der Waals surface area contributed by atoms with Gasteiger partial charge in [0.15, 0.2) is 11.6 Å². The maximum absolute atomic E-state index is 13.2. The van der Waals surface area contributed by atoms with Crippen LogP contribution in [0.3, 0.4) is 0 Å². The average Bonchev–Trinajstić information content (AvgIpc) is 2.39. The van der Waals surface area contributed by atoms with Gasteiger partial charge in [-0.05, 0) is 44.0 Å². The third-order valence-electron chi connectivity index (χ3n) is 3.20. The highest BCUT2D eigenvalue weighted by Gasteiger charge is 2.12. The lowest BCUT2D eigenvalue weighted by Crippen LogP contribution is -2.31. The summed E-state index contributed by atoms with van der Waals surface area (Å²) in [5.41, 5.74) is 0.918. The molecule has 0 atom stereocenters. The molecule has 1 fully saturated rings. The van der Waals surface area contributed by atoms with Gasteiger partial charge in [-0.25, -0.2) is 4.39 Å². The van der Waals surface area contributed by atoms with E-state index < -0.39 is 0 Å². The highest BCUT2D eigenvalue weighted by Crippen LogP contribution is 2.22. The summed E-state index contributed by atoms with van der Waals surface area (Å²) >= 11 is 0. The van der Waals surface area contributed by atoms with Crippen molar-refractivity contribution >= 4 is 18.1 Å². The smallest absolute Gasteiger partial charge is 0.165 e. The van der Waals surface area contributed by atoms with Gasteiger partial charge in [-0.2, -0.15) is 0 Å². The molecule has 2 rings (SSSR count). The molecular formula is C13H20ClFN2O. The Kier molecular flexibility index (Phi) is 6.22. The molecule has 1 aromatic carbocycles. The molecule has 0 aromatic heterocycles. The van der Waals surface area contributed by atoms with Gasteiger partial charge in [0.2, 0.25) is 0 Å². The van der Waals surface area contributed by atoms with Crippen LogP contribution in [0.1, 0.15) is 12.8 Å². The summed E-state index contributed by atoms with van der Waals surface area (Å²) in [5, 5.41) is 6.68. The Hall–Kier alpha value is -1.00. The van der Waals surface area contributed by atoms with Crippen molar-refractivity contribution in [2.24, 2.45) is 5.92 Å². The molecule has 1 aliphatic rings. The number of hydrogen-bond donors (Lipinski definition) is 2. The van der Waals surface area contributed by atoms with Crippen LogP contribution in [0.15, 0.2) is 18.2 Å². The van der Waals surface area contributed by atoms with Crippen LogP contribution in [-0.4, -0.2) is 26.7 Å². The number of piperidine rings is 1. The second-order valence-electron chi connectivity index (χ2n) is 4.42. The first-order valence-corrected chi connectivity index (χ1v) is 6.07. The molecule has 102 valence electrons. The van der Waals surface area contributed by atoms with Gasteiger partial charge in [-0.1, -0.05) is 0 Å². The molecule has 18 heavy (non-hydrogen) atoms. The van der Waals surface area contributed by atoms with Crippen LogP contribution < -0.4 is 15.4 Å². The molecular weight excluding hydrogens is 255 g/mol. The van der Waals surface area contributed by atoms with Gasteiger partial charge in [-0.3, -0.25) is 0 Å². The molecule has 2 N–H and O–H groups in total. The zero-order chi connectivity index (χ0) is 12.1. The predicted octanol–water partition coefficient (Wildman–Crippen LogP) is 2.67. The fourth-order valence-electron chi connectivity index (χ4n) is 2.12. The summed E-state index contributed by atoms with van der Waals surface area (Å²) in [4.78, 5) is 0. The van der Waals surface area contributed by atoms with Crippen molar-refractivity contribution in [2.75, 3.05) is 32.1 Å². The fraction of sp³-hybridized carbons (Fsp3) is 0.538. The van der Waals surface area contributed by atoms with Crippen molar-refractivity contribution in [1.29, 1.82) is 0 Å². The summed E-state index contributed by atoms with van der Waals surface area (Å²) < 4.78 is 18.2. The van der Waals surface area contributed by atoms with Crippen molar-refractivity contribution in [3.63, 3.8) is 0 Å². The van der Waals surface area contributed by atoms with E-state index in [1.54, 1.807) is 12.1 Å². The third-order valence-corrected chi connectivity index (χ3v) is 3.20. The van der Waals surface area contributed by atoms with Crippen LogP contribution >= 0.6 is 12.4 Å². The molecule has 1 aromatic rings. The van der Waals surface area contributed by atoms with E-state index in [-0.39, 0.29) is 18.2 Å². The first-order valence-electron chi connectivity index (χ1n) is 6.07. The SMILES string of the molecule is COc1cc(NCC2CCNCC2)ccc1F.Cl. The number of rotatable bonds is 4. The van der Waals surface area contributed by atoms with Crippen molar-refractivity contribution in [1.82, 2.24) is 5.32 Å². The van der Waals surface area contributed by atoms with E-state index in [1.165, 1.54) is 26.0 Å². The first-order chi connectivity index (χ1) is 8.29. The molecule has 0 spiro atoms. The number of hydrogen-bond acceptors (Lipinski definition) is 3. The molecule has 1 saturated heterocycles. The molecule has 0 unspecified atom stereocenters. The number of nitrogens with one attached hydrogen (secondary N) is 2. The Balaban J connectivity index is 0.00000162. The van der Waals surface area contributed by atoms with E-state index in [1.807, 2.05) is 0 Å². The van der Waals surface area contributed by atoms with E-state index in [0.29, 0.717) is 11.7 Å². The Bertz CT molecular complexity index is 370. The minimum absolute atomic E-state index is 0. The van der Waals surface area contributed by atoms with Gasteiger partial charge in [0, 0.05) is 18.3 Å². The summed E-state index contributed by atoms with van der Waals surface area (Å²) in [7, 11) is 1.48. The van der Waals surface area contributed by atoms with E-state index >= 15 is 0 Å². The Morgan fingerprint density at radius 2 is 2.11 bits per heavy atom. The van der Waals surface area contributed by atoms with Gasteiger partial charge >= 0.3 is 0 Å². The second-order valence-corrected chi connectivity index (χ2v) is 4.42. The molecule has 0 amide bonds. The summed E-state index contributed by atoms with van der Waals surface area (Å²) in [6.07, 6.45) is 2.40. The van der Waals surface area contributed by atoms with Crippen molar-refractivity contribution in [3.05, 3.63) is 24.0 Å². The molecule has 0 saturated carbocycles. The zero-order valence-electron chi connectivity index (χ0n) is 10.5. The van der Waals surface area contributed by atoms with Gasteiger partial charge in [0.1, 0.15) is 0 Å². The quantitative estimate of drug-likeness (QED) is 0.886. The van der Waals surface area contributed by atoms with Gasteiger partial charge in [0.05, 0.1) is 7.11 Å². The standard InChI is InChI=1S/C13H19FN2O.ClH/c1-17-13-8-11(2-3-12(13)14)16-9-10-4-6-15-7-5-10;/h2-3,8,10,15-16H,4-7,9H2,1H3;1H. The largest absolute Gasteiger partial charge is 0.494 e. The minimum Gasteiger partial charge on any atom is -0.494 e. The maximum Gasteiger partial charge on any atom is 0.165 e. The average molecular weight is 275 g/mol. The zero-order valence-corrected chi connectivity index (χ0v) is 11.4. The van der Waals surface area contributed by atoms with Crippen LogP contribution in [0.25, 0.3) is 0 Å². The normalized spacial score (nSPS) is 15.9. The van der Waals surface area contributed by atoms with Crippen LogP contribution in [0, 0.1) is 11.7 Å². The molecule has 0 aliphatic carbocycles. The summed E-state index contributed by atoms with van der Waals surface area (Å²) in [5.74, 6) is 0.674. The Morgan fingerprint density at radius 3 is 2.78 bits per heavy atom. The van der Waals surface area contributed by atoms with Crippen molar-refractivity contribution in [3.8, 4) is 5.75 Å². The van der Waals surface area contributed by atoms with Crippen LogP contribution in [0.4, 0.5) is 10.1 Å². The van der Waals surface area contributed by atoms with Gasteiger partial charge < -0.3 is 15.4 Å². The third kappa shape index (κ3) is 4.03. The number of halogens is 2. The second kappa shape index (κ2) is 7.44. The minimum atomic E-state index is -0.320. The predicted molar refractivity (Wildman–Crippen MR) is 74.3 cm³/mol. The number of anilines is 1.